The summed E-state index contributed by atoms with van der Waals surface area (Å²) in [5.74, 6) is -2.37. The maximum atomic E-state index is 13.5. The average Bonchev–Trinajstić information content (AvgIpc) is 3.30. The van der Waals surface area contributed by atoms with Crippen LogP contribution in [-0.4, -0.2) is 69.0 Å². The van der Waals surface area contributed by atoms with Gasteiger partial charge in [0.1, 0.15) is 11.6 Å². The fourth-order valence-electron chi connectivity index (χ4n) is 5.42. The van der Waals surface area contributed by atoms with Crippen molar-refractivity contribution in [1.82, 2.24) is 15.5 Å². The maximum absolute atomic E-state index is 13.5. The molecule has 9 heteroatoms. The number of hydrogen-bond acceptors (Lipinski definition) is 5. The molecule has 1 aromatic rings. The smallest absolute Gasteiger partial charge is 0.246 e. The molecule has 3 heterocycles. The molecule has 3 amide bonds. The van der Waals surface area contributed by atoms with Gasteiger partial charge in [-0.05, 0) is 32.8 Å². The molecule has 0 saturated carbocycles. The quantitative estimate of drug-likeness (QED) is 0.497. The molecule has 1 spiro atoms. The van der Waals surface area contributed by atoms with E-state index in [9.17, 15) is 19.5 Å². The lowest BCUT2D eigenvalue weighted by Gasteiger charge is -2.35. The number of carbonyl (C=O) groups is 3. The van der Waals surface area contributed by atoms with Crippen molar-refractivity contribution in [2.24, 2.45) is 11.8 Å². The second-order valence-corrected chi connectivity index (χ2v) is 11.0. The minimum atomic E-state index is -1.10. The summed E-state index contributed by atoms with van der Waals surface area (Å²) in [5, 5.41) is 15.5. The van der Waals surface area contributed by atoms with Crippen LogP contribution >= 0.6 is 15.9 Å². The predicted octanol–water partition coefficient (Wildman–Crippen LogP) is 0.958. The Morgan fingerprint density at radius 2 is 1.94 bits per heavy atom. The number of likely N-dealkylation sites (tertiary alicyclic amines) is 1. The zero-order valence-corrected chi connectivity index (χ0v) is 20.1. The average molecular weight is 508 g/mol. The number of nitrogens with zero attached hydrogens (tertiary/aromatic N) is 1. The molecule has 32 heavy (non-hydrogen) atoms. The van der Waals surface area contributed by atoms with Gasteiger partial charge in [0, 0.05) is 23.5 Å². The Kier molecular flexibility index (Phi) is 6.11. The summed E-state index contributed by atoms with van der Waals surface area (Å²) in [6, 6.07) is 8.65. The normalized spacial score (nSPS) is 33.3. The van der Waals surface area contributed by atoms with E-state index < -0.39 is 35.1 Å². The number of rotatable bonds is 6. The first-order valence-corrected chi connectivity index (χ1v) is 11.9. The first-order valence-electron chi connectivity index (χ1n) is 11.0. The summed E-state index contributed by atoms with van der Waals surface area (Å²) < 4.78 is 6.36. The van der Waals surface area contributed by atoms with E-state index in [-0.39, 0.29) is 35.7 Å². The van der Waals surface area contributed by atoms with Crippen molar-refractivity contribution < 1.29 is 24.2 Å². The highest BCUT2D eigenvalue weighted by Gasteiger charge is 2.76. The Morgan fingerprint density at radius 1 is 1.25 bits per heavy atom. The first kappa shape index (κ1) is 23.2. The van der Waals surface area contributed by atoms with E-state index in [2.05, 4.69) is 26.6 Å². The lowest BCUT2D eigenvalue weighted by molar-refractivity contribution is -0.143. The number of halogens is 1. The van der Waals surface area contributed by atoms with Crippen LogP contribution in [0.1, 0.15) is 32.8 Å². The number of carbonyl (C=O) groups excluding carboxylic acids is 3. The highest BCUT2D eigenvalue weighted by Crippen LogP contribution is 2.59. The van der Waals surface area contributed by atoms with Crippen molar-refractivity contribution in [2.75, 3.05) is 13.2 Å². The van der Waals surface area contributed by atoms with Crippen molar-refractivity contribution >= 4 is 33.7 Å². The number of alkyl halides is 1. The van der Waals surface area contributed by atoms with Crippen LogP contribution in [-0.2, 0) is 25.7 Å². The van der Waals surface area contributed by atoms with Crippen molar-refractivity contribution in [3.8, 4) is 0 Å². The summed E-state index contributed by atoms with van der Waals surface area (Å²) in [7, 11) is 0. The summed E-state index contributed by atoms with van der Waals surface area (Å²) in [4.78, 5) is 41.3. The highest BCUT2D eigenvalue weighted by atomic mass is 79.9. The van der Waals surface area contributed by atoms with Gasteiger partial charge in [-0.15, -0.1) is 0 Å². The minimum absolute atomic E-state index is 0.0125. The van der Waals surface area contributed by atoms with Gasteiger partial charge in [-0.2, -0.15) is 0 Å². The van der Waals surface area contributed by atoms with E-state index in [1.54, 1.807) is 0 Å². The molecule has 6 atom stereocenters. The predicted molar refractivity (Wildman–Crippen MR) is 121 cm³/mol. The molecular formula is C23H30BrN3O5. The zero-order chi connectivity index (χ0) is 23.3. The molecule has 3 fully saturated rings. The minimum Gasteiger partial charge on any atom is -0.395 e. The van der Waals surface area contributed by atoms with Gasteiger partial charge in [0.05, 0.1) is 24.5 Å². The van der Waals surface area contributed by atoms with Crippen LogP contribution in [0.25, 0.3) is 0 Å². The summed E-state index contributed by atoms with van der Waals surface area (Å²) in [6.45, 7) is 5.68. The SMILES string of the molecule is CC(C)(C)NC(=O)C1N(CCO)C(=O)[C@@H]2[C@@H](C(=O)NCc3ccccc3)[C@@H]3OC12CC3Br. The van der Waals surface area contributed by atoms with Crippen LogP contribution in [0.4, 0.5) is 0 Å². The third-order valence-corrected chi connectivity index (χ3v) is 7.33. The molecule has 3 saturated heterocycles. The number of β-amino-alcohol motifs (C(OH)–C–C–N with tert-alkyl or cyclic N) is 1. The number of aliphatic hydroxyl groups is 1. The fraction of sp³-hybridized carbons (Fsp3) is 0.609. The lowest BCUT2D eigenvalue weighted by Crippen LogP contribution is -2.59. The molecule has 3 aliphatic rings. The first-order chi connectivity index (χ1) is 15.1. The van der Waals surface area contributed by atoms with Gasteiger partial charge in [0.25, 0.3) is 0 Å². The monoisotopic (exact) mass is 507 g/mol. The third kappa shape index (κ3) is 3.84. The van der Waals surface area contributed by atoms with Gasteiger partial charge < -0.3 is 25.4 Å². The largest absolute Gasteiger partial charge is 0.395 e. The molecule has 8 nitrogen and oxygen atoms in total. The fourth-order valence-corrected chi connectivity index (χ4v) is 6.36. The van der Waals surface area contributed by atoms with Crippen molar-refractivity contribution in [2.45, 2.75) is 61.8 Å². The van der Waals surface area contributed by atoms with Crippen LogP contribution in [0.15, 0.2) is 30.3 Å². The molecule has 3 aliphatic heterocycles. The number of fused-ring (bicyclic) bond motifs is 1. The van der Waals surface area contributed by atoms with E-state index >= 15 is 0 Å². The summed E-state index contributed by atoms with van der Waals surface area (Å²) in [6.07, 6.45) is -0.0540. The van der Waals surface area contributed by atoms with E-state index in [4.69, 9.17) is 4.74 Å². The second-order valence-electron chi connectivity index (χ2n) is 9.86. The Morgan fingerprint density at radius 3 is 2.56 bits per heavy atom. The van der Waals surface area contributed by atoms with Gasteiger partial charge in [-0.25, -0.2) is 0 Å². The van der Waals surface area contributed by atoms with E-state index in [0.717, 1.165) is 5.56 Å². The zero-order valence-electron chi connectivity index (χ0n) is 18.5. The highest BCUT2D eigenvalue weighted by molar-refractivity contribution is 9.09. The van der Waals surface area contributed by atoms with E-state index in [0.29, 0.717) is 13.0 Å². The molecule has 3 unspecified atom stereocenters. The van der Waals surface area contributed by atoms with Gasteiger partial charge >= 0.3 is 0 Å². The van der Waals surface area contributed by atoms with E-state index in [1.807, 2.05) is 51.1 Å². The molecule has 0 aromatic heterocycles. The van der Waals surface area contributed by atoms with Crippen molar-refractivity contribution in [1.29, 1.82) is 0 Å². The molecule has 0 radical (unpaired) electrons. The molecule has 2 bridgehead atoms. The number of hydrogen-bond donors (Lipinski definition) is 3. The van der Waals surface area contributed by atoms with Gasteiger partial charge in [-0.3, -0.25) is 14.4 Å². The number of ether oxygens (including phenoxy) is 1. The number of aliphatic hydroxyl groups excluding tert-OH is 1. The number of amides is 3. The van der Waals surface area contributed by atoms with Crippen LogP contribution in [0.3, 0.4) is 0 Å². The Balaban J connectivity index is 1.63. The molecule has 3 N–H and O–H groups in total. The van der Waals surface area contributed by atoms with Gasteiger partial charge in [0.2, 0.25) is 17.7 Å². The van der Waals surface area contributed by atoms with Gasteiger partial charge in [0.15, 0.2) is 0 Å². The molecule has 1 aromatic carbocycles. The molecule has 4 rings (SSSR count). The van der Waals surface area contributed by atoms with Gasteiger partial charge in [-0.1, -0.05) is 46.3 Å². The van der Waals surface area contributed by atoms with Crippen LogP contribution < -0.4 is 10.6 Å². The lowest BCUT2D eigenvalue weighted by atomic mass is 9.70. The third-order valence-electron chi connectivity index (χ3n) is 6.49. The van der Waals surface area contributed by atoms with Crippen LogP contribution in [0.5, 0.6) is 0 Å². The Hall–Kier alpha value is -1.97. The molecular weight excluding hydrogens is 478 g/mol. The maximum Gasteiger partial charge on any atom is 0.246 e. The van der Waals surface area contributed by atoms with Crippen molar-refractivity contribution in [3.63, 3.8) is 0 Å². The Bertz CT molecular complexity index is 905. The topological polar surface area (TPSA) is 108 Å². The Labute approximate surface area is 196 Å². The molecule has 0 aliphatic carbocycles. The van der Waals surface area contributed by atoms with E-state index in [1.165, 1.54) is 4.90 Å². The number of benzene rings is 1. The second kappa shape index (κ2) is 8.43. The van der Waals surface area contributed by atoms with Crippen LogP contribution in [0, 0.1) is 11.8 Å². The molecule has 174 valence electrons. The standard InChI is InChI=1S/C23H30BrN3O5/c1-22(2,3)26-20(30)18-23-11-14(24)17(32-23)15(16(23)21(31)27(18)9-10-28)19(29)25-12-13-7-5-4-6-8-13/h4-8,14-18,28H,9-12H2,1-3H3,(H,25,29)(H,26,30)/t14?,15-,16+,17-,18?,23?/m1/s1. The van der Waals surface area contributed by atoms with Crippen molar-refractivity contribution in [3.05, 3.63) is 35.9 Å². The summed E-state index contributed by atoms with van der Waals surface area (Å²) >= 11 is 3.63. The van der Waals surface area contributed by atoms with Crippen LogP contribution in [0.2, 0.25) is 0 Å². The summed E-state index contributed by atoms with van der Waals surface area (Å²) in [5.41, 5.74) is -0.650. The number of nitrogens with one attached hydrogen (secondary N) is 2.